The van der Waals surface area contributed by atoms with Crippen LogP contribution in [0, 0.1) is 10.1 Å². The highest BCUT2D eigenvalue weighted by Gasteiger charge is 2.20. The van der Waals surface area contributed by atoms with Crippen molar-refractivity contribution in [3.8, 4) is 0 Å². The minimum absolute atomic E-state index is 0.0400. The molecule has 0 atom stereocenters. The lowest BCUT2D eigenvalue weighted by Gasteiger charge is -2.06. The van der Waals surface area contributed by atoms with Crippen molar-refractivity contribution in [2.45, 2.75) is 0 Å². The second kappa shape index (κ2) is 4.80. The quantitative estimate of drug-likeness (QED) is 0.500. The van der Waals surface area contributed by atoms with Crippen molar-refractivity contribution >= 4 is 28.9 Å². The topological polar surface area (TPSA) is 81.5 Å². The van der Waals surface area contributed by atoms with Gasteiger partial charge in [-0.05, 0) is 6.07 Å². The number of hydrogen-bond donors (Lipinski definition) is 1. The fourth-order valence-corrected chi connectivity index (χ4v) is 1.53. The number of anilines is 1. The lowest BCUT2D eigenvalue weighted by atomic mass is 10.1. The van der Waals surface area contributed by atoms with Gasteiger partial charge in [-0.15, -0.1) is 0 Å². The van der Waals surface area contributed by atoms with Gasteiger partial charge in [0.1, 0.15) is 5.69 Å². The smallest absolute Gasteiger partial charge is 0.338 e. The Kier molecular flexibility index (Phi) is 3.68. The van der Waals surface area contributed by atoms with E-state index >= 15 is 0 Å². The Hall–Kier alpha value is -1.82. The highest BCUT2D eigenvalue weighted by Crippen LogP contribution is 2.33. The van der Waals surface area contributed by atoms with Gasteiger partial charge < -0.3 is 10.1 Å². The first-order valence-electron chi connectivity index (χ1n) is 4.25. The zero-order valence-corrected chi connectivity index (χ0v) is 9.37. The van der Waals surface area contributed by atoms with Gasteiger partial charge in [0, 0.05) is 13.1 Å². The molecule has 0 saturated heterocycles. The highest BCUT2D eigenvalue weighted by molar-refractivity contribution is 6.34. The number of halogens is 1. The number of carbonyl (C=O) groups excluding carboxylic acids is 1. The lowest BCUT2D eigenvalue weighted by molar-refractivity contribution is -0.384. The van der Waals surface area contributed by atoms with Crippen LogP contribution in [0.2, 0.25) is 5.02 Å². The van der Waals surface area contributed by atoms with E-state index in [1.165, 1.54) is 20.2 Å². The maximum Gasteiger partial charge on any atom is 0.338 e. The largest absolute Gasteiger partial charge is 0.465 e. The third-order valence-electron chi connectivity index (χ3n) is 1.94. The number of esters is 1. The Morgan fingerprint density at radius 3 is 2.62 bits per heavy atom. The van der Waals surface area contributed by atoms with E-state index in [1.54, 1.807) is 0 Å². The molecule has 7 heteroatoms. The summed E-state index contributed by atoms with van der Waals surface area (Å²) in [5.41, 5.74) is -0.0621. The zero-order chi connectivity index (χ0) is 12.3. The Balaban J connectivity index is 3.39. The second-order valence-electron chi connectivity index (χ2n) is 2.85. The van der Waals surface area contributed by atoms with Gasteiger partial charge in [0.15, 0.2) is 0 Å². The number of nitro benzene ring substituents is 1. The Bertz CT molecular complexity index is 447. The molecule has 6 nitrogen and oxygen atoms in total. The SMILES string of the molecule is CNc1c(Cl)cc(C(=O)OC)cc1[N+](=O)[O-]. The summed E-state index contributed by atoms with van der Waals surface area (Å²) in [6.07, 6.45) is 0. The Morgan fingerprint density at radius 1 is 1.56 bits per heavy atom. The van der Waals surface area contributed by atoms with Crippen LogP contribution in [0.25, 0.3) is 0 Å². The summed E-state index contributed by atoms with van der Waals surface area (Å²) < 4.78 is 4.46. The molecule has 0 heterocycles. The number of nitrogens with one attached hydrogen (secondary N) is 1. The van der Waals surface area contributed by atoms with E-state index in [0.29, 0.717) is 0 Å². The first-order valence-corrected chi connectivity index (χ1v) is 4.63. The molecule has 0 amide bonds. The van der Waals surface area contributed by atoms with Crippen molar-refractivity contribution in [3.05, 3.63) is 32.8 Å². The van der Waals surface area contributed by atoms with Crippen LogP contribution in [0.1, 0.15) is 10.4 Å². The van der Waals surface area contributed by atoms with Crippen LogP contribution >= 0.6 is 11.6 Å². The van der Waals surface area contributed by atoms with Crippen molar-refractivity contribution < 1.29 is 14.5 Å². The number of benzene rings is 1. The Morgan fingerprint density at radius 2 is 2.19 bits per heavy atom. The second-order valence-corrected chi connectivity index (χ2v) is 3.26. The third kappa shape index (κ3) is 2.22. The minimum atomic E-state index is -0.673. The normalized spacial score (nSPS) is 9.69. The van der Waals surface area contributed by atoms with E-state index in [2.05, 4.69) is 10.1 Å². The van der Waals surface area contributed by atoms with Crippen LogP contribution in [0.5, 0.6) is 0 Å². The predicted molar refractivity (Wildman–Crippen MR) is 59.0 cm³/mol. The molecule has 0 aliphatic rings. The van der Waals surface area contributed by atoms with Gasteiger partial charge in [-0.3, -0.25) is 10.1 Å². The molecule has 0 aliphatic carbocycles. The molecule has 0 spiro atoms. The molecule has 1 rings (SSSR count). The fourth-order valence-electron chi connectivity index (χ4n) is 1.22. The molecule has 0 saturated carbocycles. The van der Waals surface area contributed by atoms with E-state index in [-0.39, 0.29) is 22.0 Å². The molecule has 0 unspecified atom stereocenters. The molecule has 1 N–H and O–H groups in total. The Labute approximate surface area is 96.3 Å². The van der Waals surface area contributed by atoms with Gasteiger partial charge in [0.25, 0.3) is 5.69 Å². The fraction of sp³-hybridized carbons (Fsp3) is 0.222. The zero-order valence-electron chi connectivity index (χ0n) is 8.61. The standard InChI is InChI=1S/C9H9ClN2O4/c1-11-8-6(10)3-5(9(13)16-2)4-7(8)12(14)15/h3-4,11H,1-2H3. The van der Waals surface area contributed by atoms with Gasteiger partial charge in [0.05, 0.1) is 22.6 Å². The molecule has 1 aromatic rings. The number of hydrogen-bond acceptors (Lipinski definition) is 5. The molecular weight excluding hydrogens is 236 g/mol. The average Bonchev–Trinajstić information content (AvgIpc) is 2.26. The summed E-state index contributed by atoms with van der Waals surface area (Å²) in [5.74, 6) is -0.673. The van der Waals surface area contributed by atoms with Crippen molar-refractivity contribution in [2.75, 3.05) is 19.5 Å². The summed E-state index contributed by atoms with van der Waals surface area (Å²) in [4.78, 5) is 21.3. The number of nitrogens with zero attached hydrogens (tertiary/aromatic N) is 1. The van der Waals surface area contributed by atoms with E-state index in [9.17, 15) is 14.9 Å². The summed E-state index contributed by atoms with van der Waals surface area (Å²) in [6.45, 7) is 0. The van der Waals surface area contributed by atoms with Crippen LogP contribution in [-0.2, 0) is 4.74 Å². The number of nitro groups is 1. The van der Waals surface area contributed by atoms with Gasteiger partial charge >= 0.3 is 5.97 Å². The first-order chi connectivity index (χ1) is 7.51. The van der Waals surface area contributed by atoms with Crippen molar-refractivity contribution in [2.24, 2.45) is 0 Å². The molecular formula is C9H9ClN2O4. The van der Waals surface area contributed by atoms with E-state index in [1.807, 2.05) is 0 Å². The lowest BCUT2D eigenvalue weighted by Crippen LogP contribution is -2.04. The molecule has 16 heavy (non-hydrogen) atoms. The molecule has 0 fully saturated rings. The van der Waals surface area contributed by atoms with Crippen molar-refractivity contribution in [3.63, 3.8) is 0 Å². The molecule has 0 radical (unpaired) electrons. The number of rotatable bonds is 3. The maximum atomic E-state index is 11.2. The summed E-state index contributed by atoms with van der Waals surface area (Å²) in [6, 6.07) is 2.43. The van der Waals surface area contributed by atoms with Crippen molar-refractivity contribution in [1.82, 2.24) is 0 Å². The first kappa shape index (κ1) is 12.3. The minimum Gasteiger partial charge on any atom is -0.465 e. The summed E-state index contributed by atoms with van der Waals surface area (Å²) in [5, 5.41) is 13.4. The van der Waals surface area contributed by atoms with E-state index in [4.69, 9.17) is 11.6 Å². The van der Waals surface area contributed by atoms with Crippen molar-refractivity contribution in [1.29, 1.82) is 0 Å². The average molecular weight is 245 g/mol. The number of ether oxygens (including phenoxy) is 1. The monoisotopic (exact) mass is 244 g/mol. The third-order valence-corrected chi connectivity index (χ3v) is 2.24. The van der Waals surface area contributed by atoms with Crippen LogP contribution in [0.3, 0.4) is 0 Å². The highest BCUT2D eigenvalue weighted by atomic mass is 35.5. The van der Waals surface area contributed by atoms with E-state index in [0.717, 1.165) is 6.07 Å². The van der Waals surface area contributed by atoms with Gasteiger partial charge in [-0.1, -0.05) is 11.6 Å². The van der Waals surface area contributed by atoms with Crippen LogP contribution in [0.15, 0.2) is 12.1 Å². The predicted octanol–water partition coefficient (Wildman–Crippen LogP) is 2.08. The number of carbonyl (C=O) groups is 1. The summed E-state index contributed by atoms with van der Waals surface area (Å²) >= 11 is 5.81. The number of methoxy groups -OCH3 is 1. The molecule has 0 aliphatic heterocycles. The molecule has 0 aromatic heterocycles. The van der Waals surface area contributed by atoms with Crippen LogP contribution < -0.4 is 5.32 Å². The molecule has 0 bridgehead atoms. The van der Waals surface area contributed by atoms with Gasteiger partial charge in [-0.2, -0.15) is 0 Å². The maximum absolute atomic E-state index is 11.2. The van der Waals surface area contributed by atoms with Gasteiger partial charge in [0.2, 0.25) is 0 Å². The van der Waals surface area contributed by atoms with Crippen LogP contribution in [0.4, 0.5) is 11.4 Å². The van der Waals surface area contributed by atoms with Crippen LogP contribution in [-0.4, -0.2) is 25.1 Å². The molecule has 1 aromatic carbocycles. The summed E-state index contributed by atoms with van der Waals surface area (Å²) in [7, 11) is 2.69. The van der Waals surface area contributed by atoms with Gasteiger partial charge in [-0.25, -0.2) is 4.79 Å². The molecule has 86 valence electrons. The van der Waals surface area contributed by atoms with E-state index < -0.39 is 10.9 Å².